The standard InChI is InChI=1S/C63H119NO5/c1-4-7-10-13-16-19-22-25-28-30-31-33-35-38-41-44-47-50-53-56-63(68)69-59(54-51-48-45-42-39-36-34-32-29-26-23-20-17-14-11-8-5-2)57-62(67)64-60(58-65)61(66)55-52-49-46-43-40-37-27-24-21-18-15-12-9-6-3/h17,20,25-26,28-29,59-61,65-66H,4-16,18-19,21-24,27,30-58H2,1-3H3,(H,64,67)/b20-17-,28-25+,29-26-. The molecule has 0 heterocycles. The molecule has 0 bridgehead atoms. The molecule has 0 aromatic carbocycles. The fourth-order valence-electron chi connectivity index (χ4n) is 9.52. The van der Waals surface area contributed by atoms with E-state index in [0.29, 0.717) is 19.3 Å². The molecular weight excluding hydrogens is 851 g/mol. The van der Waals surface area contributed by atoms with Crippen molar-refractivity contribution < 1.29 is 24.5 Å². The first-order valence-electron chi connectivity index (χ1n) is 30.7. The highest BCUT2D eigenvalue weighted by Gasteiger charge is 2.24. The van der Waals surface area contributed by atoms with Gasteiger partial charge in [0.05, 0.1) is 25.2 Å². The molecule has 0 saturated heterocycles. The molecule has 406 valence electrons. The van der Waals surface area contributed by atoms with Crippen LogP contribution in [0, 0.1) is 0 Å². The van der Waals surface area contributed by atoms with Gasteiger partial charge in [0.2, 0.25) is 5.91 Å². The van der Waals surface area contributed by atoms with E-state index >= 15 is 0 Å². The smallest absolute Gasteiger partial charge is 0.306 e. The molecule has 1 amide bonds. The predicted molar refractivity (Wildman–Crippen MR) is 301 cm³/mol. The number of unbranched alkanes of at least 4 members (excludes halogenated alkanes) is 38. The normalized spacial score (nSPS) is 13.3. The Morgan fingerprint density at radius 1 is 0.420 bits per heavy atom. The van der Waals surface area contributed by atoms with Crippen molar-refractivity contribution in [3.8, 4) is 0 Å². The van der Waals surface area contributed by atoms with Gasteiger partial charge in [-0.2, -0.15) is 0 Å². The second kappa shape index (κ2) is 57.0. The molecule has 0 aromatic rings. The van der Waals surface area contributed by atoms with Crippen LogP contribution in [0.25, 0.3) is 0 Å². The van der Waals surface area contributed by atoms with Crippen LogP contribution in [-0.2, 0) is 14.3 Å². The Balaban J connectivity index is 4.54. The minimum atomic E-state index is -0.789. The number of hydrogen-bond acceptors (Lipinski definition) is 5. The number of nitrogens with one attached hydrogen (secondary N) is 1. The maximum atomic E-state index is 13.3. The zero-order valence-corrected chi connectivity index (χ0v) is 46.5. The number of amides is 1. The Morgan fingerprint density at radius 2 is 0.739 bits per heavy atom. The van der Waals surface area contributed by atoms with Gasteiger partial charge in [0.1, 0.15) is 6.10 Å². The minimum absolute atomic E-state index is 0.0749. The van der Waals surface area contributed by atoms with Crippen molar-refractivity contribution in [3.05, 3.63) is 36.5 Å². The Bertz CT molecular complexity index is 1130. The summed E-state index contributed by atoms with van der Waals surface area (Å²) in [4.78, 5) is 26.4. The van der Waals surface area contributed by atoms with E-state index in [-0.39, 0.29) is 24.9 Å². The summed E-state index contributed by atoms with van der Waals surface area (Å²) in [5.74, 6) is -0.466. The minimum Gasteiger partial charge on any atom is -0.462 e. The number of esters is 1. The molecule has 0 radical (unpaired) electrons. The van der Waals surface area contributed by atoms with Crippen LogP contribution in [0.15, 0.2) is 36.5 Å². The molecule has 0 saturated carbocycles. The number of aliphatic hydroxyl groups is 2. The van der Waals surface area contributed by atoms with Gasteiger partial charge in [0.15, 0.2) is 0 Å². The zero-order valence-electron chi connectivity index (χ0n) is 46.5. The van der Waals surface area contributed by atoms with Crippen LogP contribution in [-0.4, -0.2) is 46.9 Å². The molecule has 3 unspecified atom stereocenters. The first-order chi connectivity index (χ1) is 34.0. The molecule has 3 N–H and O–H groups in total. The summed E-state index contributed by atoms with van der Waals surface area (Å²) in [6.07, 6.45) is 69.3. The summed E-state index contributed by atoms with van der Waals surface area (Å²) in [6.45, 7) is 6.49. The van der Waals surface area contributed by atoms with Crippen molar-refractivity contribution in [2.75, 3.05) is 6.61 Å². The van der Waals surface area contributed by atoms with Crippen LogP contribution in [0.3, 0.4) is 0 Å². The van der Waals surface area contributed by atoms with Gasteiger partial charge >= 0.3 is 5.97 Å². The van der Waals surface area contributed by atoms with E-state index < -0.39 is 18.2 Å². The van der Waals surface area contributed by atoms with Crippen molar-refractivity contribution in [1.29, 1.82) is 0 Å². The molecule has 69 heavy (non-hydrogen) atoms. The van der Waals surface area contributed by atoms with E-state index in [1.54, 1.807) is 0 Å². The molecule has 0 aliphatic heterocycles. The molecule has 0 aliphatic carbocycles. The van der Waals surface area contributed by atoms with Gasteiger partial charge in [-0.15, -0.1) is 0 Å². The number of allylic oxidation sites excluding steroid dienone is 6. The van der Waals surface area contributed by atoms with Gasteiger partial charge in [-0.3, -0.25) is 9.59 Å². The van der Waals surface area contributed by atoms with Crippen molar-refractivity contribution in [3.63, 3.8) is 0 Å². The topological polar surface area (TPSA) is 95.9 Å². The summed E-state index contributed by atoms with van der Waals surface area (Å²) in [6, 6.07) is -0.704. The Morgan fingerprint density at radius 3 is 1.14 bits per heavy atom. The average molecular weight is 971 g/mol. The van der Waals surface area contributed by atoms with Gasteiger partial charge in [0, 0.05) is 6.42 Å². The van der Waals surface area contributed by atoms with Crippen LogP contribution >= 0.6 is 0 Å². The molecular formula is C63H119NO5. The number of rotatable bonds is 56. The van der Waals surface area contributed by atoms with Gasteiger partial charge in [-0.05, 0) is 83.5 Å². The van der Waals surface area contributed by atoms with Crippen LogP contribution in [0.5, 0.6) is 0 Å². The third kappa shape index (κ3) is 52.2. The van der Waals surface area contributed by atoms with Crippen LogP contribution in [0.2, 0.25) is 0 Å². The number of carbonyl (C=O) groups is 2. The zero-order chi connectivity index (χ0) is 50.2. The van der Waals surface area contributed by atoms with Gasteiger partial charge in [0.25, 0.3) is 0 Å². The van der Waals surface area contributed by atoms with E-state index in [9.17, 15) is 19.8 Å². The molecule has 3 atom stereocenters. The molecule has 0 fully saturated rings. The van der Waals surface area contributed by atoms with E-state index in [2.05, 4.69) is 62.5 Å². The number of carbonyl (C=O) groups excluding carboxylic acids is 2. The average Bonchev–Trinajstić information content (AvgIpc) is 3.34. The summed E-state index contributed by atoms with van der Waals surface area (Å²) in [7, 11) is 0. The Hall–Kier alpha value is -1.92. The number of hydrogen-bond donors (Lipinski definition) is 3. The second-order valence-corrected chi connectivity index (χ2v) is 21.1. The van der Waals surface area contributed by atoms with Crippen LogP contribution in [0.1, 0.15) is 329 Å². The second-order valence-electron chi connectivity index (χ2n) is 21.1. The molecule has 0 aliphatic rings. The lowest BCUT2D eigenvalue weighted by Gasteiger charge is -2.24. The SMILES string of the molecule is CCCCC/C=C\C/C=C\CCCCCCCCCC(CC(=O)NC(CO)C(O)CCCCCCCCCCCCCCCC)OC(=O)CCCCCCCCCCC/C=C/CCCCCCCC. The first-order valence-corrected chi connectivity index (χ1v) is 30.7. The molecule has 0 spiro atoms. The third-order valence-electron chi connectivity index (χ3n) is 14.2. The Labute approximate surface area is 430 Å². The molecule has 0 aromatic heterocycles. The summed E-state index contributed by atoms with van der Waals surface area (Å²) in [5.41, 5.74) is 0. The Kier molecular flexibility index (Phi) is 55.4. The van der Waals surface area contributed by atoms with Crippen molar-refractivity contribution >= 4 is 11.9 Å². The van der Waals surface area contributed by atoms with Gasteiger partial charge in [-0.25, -0.2) is 0 Å². The summed E-state index contributed by atoms with van der Waals surface area (Å²) >= 11 is 0. The highest BCUT2D eigenvalue weighted by atomic mass is 16.5. The first kappa shape index (κ1) is 67.1. The van der Waals surface area contributed by atoms with Gasteiger partial charge < -0.3 is 20.3 Å². The number of ether oxygens (including phenoxy) is 1. The van der Waals surface area contributed by atoms with Gasteiger partial charge in [-0.1, -0.05) is 269 Å². The molecule has 0 rings (SSSR count). The van der Waals surface area contributed by atoms with Crippen molar-refractivity contribution in [2.24, 2.45) is 0 Å². The lowest BCUT2D eigenvalue weighted by atomic mass is 10.0. The fourth-order valence-corrected chi connectivity index (χ4v) is 9.52. The highest BCUT2D eigenvalue weighted by Crippen LogP contribution is 2.19. The maximum Gasteiger partial charge on any atom is 0.306 e. The maximum absolute atomic E-state index is 13.3. The third-order valence-corrected chi connectivity index (χ3v) is 14.2. The quantitative estimate of drug-likeness (QED) is 0.0321. The summed E-state index contributed by atoms with van der Waals surface area (Å²) in [5, 5.41) is 23.9. The highest BCUT2D eigenvalue weighted by molar-refractivity contribution is 5.77. The largest absolute Gasteiger partial charge is 0.462 e. The van der Waals surface area contributed by atoms with E-state index in [1.165, 1.54) is 218 Å². The molecule has 6 nitrogen and oxygen atoms in total. The van der Waals surface area contributed by atoms with E-state index in [4.69, 9.17) is 4.74 Å². The van der Waals surface area contributed by atoms with Crippen molar-refractivity contribution in [1.82, 2.24) is 5.32 Å². The van der Waals surface area contributed by atoms with Crippen LogP contribution in [0.4, 0.5) is 0 Å². The molecule has 6 heteroatoms. The predicted octanol–water partition coefficient (Wildman–Crippen LogP) is 19.2. The lowest BCUT2D eigenvalue weighted by Crippen LogP contribution is -2.46. The monoisotopic (exact) mass is 970 g/mol. The fraction of sp³-hybridized carbons (Fsp3) is 0.873. The van der Waals surface area contributed by atoms with Crippen LogP contribution < -0.4 is 5.32 Å². The van der Waals surface area contributed by atoms with Crippen molar-refractivity contribution in [2.45, 2.75) is 347 Å². The van der Waals surface area contributed by atoms with E-state index in [1.807, 2.05) is 0 Å². The van der Waals surface area contributed by atoms with E-state index in [0.717, 1.165) is 64.2 Å². The number of aliphatic hydroxyl groups excluding tert-OH is 2. The summed E-state index contributed by atoms with van der Waals surface area (Å²) < 4.78 is 5.98. The lowest BCUT2D eigenvalue weighted by molar-refractivity contribution is -0.151.